The summed E-state index contributed by atoms with van der Waals surface area (Å²) in [7, 11) is 0. The van der Waals surface area contributed by atoms with E-state index in [4.69, 9.17) is 10.3 Å². The molecule has 1 amide bonds. The lowest BCUT2D eigenvalue weighted by Crippen LogP contribution is -2.45. The summed E-state index contributed by atoms with van der Waals surface area (Å²) in [5.41, 5.74) is 5.58. The number of rotatable bonds is 2. The second-order valence-corrected chi connectivity index (χ2v) is 4.57. The fourth-order valence-electron chi connectivity index (χ4n) is 2.11. The molecule has 1 aliphatic heterocycles. The van der Waals surface area contributed by atoms with Crippen LogP contribution in [0.1, 0.15) is 37.4 Å². The zero-order valence-corrected chi connectivity index (χ0v) is 10.2. The van der Waals surface area contributed by atoms with Gasteiger partial charge in [-0.3, -0.25) is 4.79 Å². The van der Waals surface area contributed by atoms with Gasteiger partial charge in [-0.15, -0.1) is 0 Å². The minimum atomic E-state index is -0.419. The number of hydrogen-bond acceptors (Lipinski definition) is 5. The van der Waals surface area contributed by atoms with Gasteiger partial charge in [0.05, 0.1) is 6.04 Å². The topological polar surface area (TPSA) is 85.2 Å². The Hall–Kier alpha value is -1.43. The van der Waals surface area contributed by atoms with Crippen LogP contribution in [-0.4, -0.2) is 40.1 Å². The molecular weight excluding hydrogens is 220 g/mol. The molecule has 0 spiro atoms. The monoisotopic (exact) mass is 238 g/mol. The SMILES string of the molecule is Cc1noc(C2CCN(C(=O)C(C)N)CC2)n1. The summed E-state index contributed by atoms with van der Waals surface area (Å²) in [5.74, 6) is 1.64. The normalized spacial score (nSPS) is 19.4. The van der Waals surface area contributed by atoms with Crippen molar-refractivity contribution >= 4 is 5.91 Å². The highest BCUT2D eigenvalue weighted by molar-refractivity contribution is 5.81. The number of carbonyl (C=O) groups is 1. The quantitative estimate of drug-likeness (QED) is 0.807. The number of piperidine rings is 1. The molecule has 17 heavy (non-hydrogen) atoms. The second kappa shape index (κ2) is 4.83. The van der Waals surface area contributed by atoms with Crippen LogP contribution in [0.4, 0.5) is 0 Å². The van der Waals surface area contributed by atoms with Crippen LogP contribution < -0.4 is 5.73 Å². The van der Waals surface area contributed by atoms with Gasteiger partial charge < -0.3 is 15.2 Å². The van der Waals surface area contributed by atoms with Gasteiger partial charge in [-0.05, 0) is 26.7 Å². The maximum atomic E-state index is 11.7. The smallest absolute Gasteiger partial charge is 0.239 e. The summed E-state index contributed by atoms with van der Waals surface area (Å²) in [6.45, 7) is 4.95. The molecule has 0 bridgehead atoms. The number of likely N-dealkylation sites (tertiary alicyclic amines) is 1. The number of aryl methyl sites for hydroxylation is 1. The number of hydrogen-bond donors (Lipinski definition) is 1. The zero-order chi connectivity index (χ0) is 12.4. The maximum absolute atomic E-state index is 11.7. The standard InChI is InChI=1S/C11H18N4O2/c1-7(12)11(16)15-5-3-9(4-6-15)10-13-8(2)14-17-10/h7,9H,3-6,12H2,1-2H3. The molecule has 1 fully saturated rings. The Labute approximate surface area is 100 Å². The Morgan fingerprint density at radius 2 is 2.18 bits per heavy atom. The third kappa shape index (κ3) is 2.63. The Kier molecular flexibility index (Phi) is 3.42. The average Bonchev–Trinajstić information content (AvgIpc) is 2.75. The molecule has 2 rings (SSSR count). The molecule has 94 valence electrons. The summed E-state index contributed by atoms with van der Waals surface area (Å²) >= 11 is 0. The van der Waals surface area contributed by atoms with Crippen LogP contribution in [0.3, 0.4) is 0 Å². The maximum Gasteiger partial charge on any atom is 0.239 e. The first-order valence-corrected chi connectivity index (χ1v) is 5.92. The Morgan fingerprint density at radius 3 is 2.65 bits per heavy atom. The van der Waals surface area contributed by atoms with Gasteiger partial charge in [0.1, 0.15) is 0 Å². The molecule has 1 aliphatic rings. The van der Waals surface area contributed by atoms with Crippen molar-refractivity contribution in [1.29, 1.82) is 0 Å². The molecule has 2 heterocycles. The van der Waals surface area contributed by atoms with E-state index in [0.717, 1.165) is 12.8 Å². The van der Waals surface area contributed by atoms with Crippen molar-refractivity contribution in [1.82, 2.24) is 15.0 Å². The van der Waals surface area contributed by atoms with Gasteiger partial charge >= 0.3 is 0 Å². The highest BCUT2D eigenvalue weighted by Crippen LogP contribution is 2.26. The average molecular weight is 238 g/mol. The van der Waals surface area contributed by atoms with Gasteiger partial charge in [-0.25, -0.2) is 0 Å². The number of nitrogens with zero attached hydrogens (tertiary/aromatic N) is 3. The van der Waals surface area contributed by atoms with Gasteiger partial charge in [-0.1, -0.05) is 5.16 Å². The van der Waals surface area contributed by atoms with Gasteiger partial charge in [0, 0.05) is 19.0 Å². The van der Waals surface area contributed by atoms with Gasteiger partial charge in [0.2, 0.25) is 11.8 Å². The Morgan fingerprint density at radius 1 is 1.53 bits per heavy atom. The predicted molar refractivity (Wildman–Crippen MR) is 61.2 cm³/mol. The first kappa shape index (κ1) is 12.0. The van der Waals surface area contributed by atoms with E-state index < -0.39 is 6.04 Å². The summed E-state index contributed by atoms with van der Waals surface area (Å²) < 4.78 is 5.16. The fraction of sp³-hybridized carbons (Fsp3) is 0.727. The van der Waals surface area contributed by atoms with E-state index in [1.807, 2.05) is 11.8 Å². The van der Waals surface area contributed by atoms with Crippen molar-refractivity contribution in [3.63, 3.8) is 0 Å². The molecule has 1 aromatic heterocycles. The van der Waals surface area contributed by atoms with E-state index >= 15 is 0 Å². The summed E-state index contributed by atoms with van der Waals surface area (Å²) in [4.78, 5) is 17.7. The first-order valence-electron chi connectivity index (χ1n) is 5.92. The van der Waals surface area contributed by atoms with Crippen molar-refractivity contribution in [2.24, 2.45) is 5.73 Å². The van der Waals surface area contributed by atoms with E-state index in [1.54, 1.807) is 6.92 Å². The third-order valence-electron chi connectivity index (χ3n) is 3.09. The zero-order valence-electron chi connectivity index (χ0n) is 10.2. The van der Waals surface area contributed by atoms with Crippen molar-refractivity contribution in [3.05, 3.63) is 11.7 Å². The minimum Gasteiger partial charge on any atom is -0.341 e. The van der Waals surface area contributed by atoms with E-state index in [-0.39, 0.29) is 11.8 Å². The van der Waals surface area contributed by atoms with E-state index in [1.165, 1.54) is 0 Å². The molecule has 0 saturated carbocycles. The first-order chi connectivity index (χ1) is 8.08. The molecule has 0 aromatic carbocycles. The van der Waals surface area contributed by atoms with Gasteiger partial charge in [0.25, 0.3) is 0 Å². The largest absolute Gasteiger partial charge is 0.341 e. The van der Waals surface area contributed by atoms with Gasteiger partial charge in [-0.2, -0.15) is 4.98 Å². The predicted octanol–water partition coefficient (Wildman–Crippen LogP) is 0.431. The van der Waals surface area contributed by atoms with Crippen LogP contribution in [0.15, 0.2) is 4.52 Å². The van der Waals surface area contributed by atoms with Crippen LogP contribution in [0.2, 0.25) is 0 Å². The van der Waals surface area contributed by atoms with Crippen molar-refractivity contribution < 1.29 is 9.32 Å². The van der Waals surface area contributed by atoms with E-state index in [0.29, 0.717) is 24.8 Å². The van der Waals surface area contributed by atoms with Crippen molar-refractivity contribution in [3.8, 4) is 0 Å². The van der Waals surface area contributed by atoms with Crippen LogP contribution >= 0.6 is 0 Å². The van der Waals surface area contributed by atoms with Gasteiger partial charge in [0.15, 0.2) is 5.82 Å². The summed E-state index contributed by atoms with van der Waals surface area (Å²) in [5, 5.41) is 3.79. The number of nitrogens with two attached hydrogens (primary N) is 1. The van der Waals surface area contributed by atoms with Crippen LogP contribution in [0.5, 0.6) is 0 Å². The van der Waals surface area contributed by atoms with Crippen molar-refractivity contribution in [2.75, 3.05) is 13.1 Å². The highest BCUT2D eigenvalue weighted by atomic mass is 16.5. The summed E-state index contributed by atoms with van der Waals surface area (Å²) in [6.07, 6.45) is 1.72. The Balaban J connectivity index is 1.92. The minimum absolute atomic E-state index is 0.0187. The van der Waals surface area contributed by atoms with Crippen LogP contribution in [0, 0.1) is 6.92 Å². The second-order valence-electron chi connectivity index (χ2n) is 4.57. The molecule has 1 aromatic rings. The van der Waals surface area contributed by atoms with Crippen LogP contribution in [0.25, 0.3) is 0 Å². The molecular formula is C11H18N4O2. The third-order valence-corrected chi connectivity index (χ3v) is 3.09. The van der Waals surface area contributed by atoms with Crippen molar-refractivity contribution in [2.45, 2.75) is 38.6 Å². The van der Waals surface area contributed by atoms with Crippen LogP contribution in [-0.2, 0) is 4.79 Å². The molecule has 0 aliphatic carbocycles. The summed E-state index contributed by atoms with van der Waals surface area (Å²) in [6, 6.07) is -0.419. The number of carbonyl (C=O) groups excluding carboxylic acids is 1. The lowest BCUT2D eigenvalue weighted by molar-refractivity contribution is -0.133. The lowest BCUT2D eigenvalue weighted by Gasteiger charge is -2.31. The molecule has 6 heteroatoms. The fourth-order valence-corrected chi connectivity index (χ4v) is 2.11. The molecule has 6 nitrogen and oxygen atoms in total. The number of amides is 1. The van der Waals surface area contributed by atoms with E-state index in [9.17, 15) is 4.79 Å². The lowest BCUT2D eigenvalue weighted by atomic mass is 9.96. The van der Waals surface area contributed by atoms with E-state index in [2.05, 4.69) is 10.1 Å². The molecule has 2 N–H and O–H groups in total. The molecule has 0 radical (unpaired) electrons. The molecule has 1 saturated heterocycles. The highest BCUT2D eigenvalue weighted by Gasteiger charge is 2.28. The Bertz CT molecular complexity index is 394. The molecule has 1 atom stereocenters. The molecule has 1 unspecified atom stereocenters. The number of aromatic nitrogens is 2.